The van der Waals surface area contributed by atoms with E-state index in [4.69, 9.17) is 5.73 Å². The molecule has 19 heavy (non-hydrogen) atoms. The Kier molecular flexibility index (Phi) is 3.39. The van der Waals surface area contributed by atoms with Crippen molar-refractivity contribution in [1.29, 1.82) is 0 Å². The van der Waals surface area contributed by atoms with Crippen LogP contribution in [0.1, 0.15) is 0 Å². The lowest BCUT2D eigenvalue weighted by Crippen LogP contribution is -2.17. The van der Waals surface area contributed by atoms with Crippen LogP contribution >= 0.6 is 0 Å². The monoisotopic (exact) mass is 284 g/mol. The Hall–Kier alpha value is -2.15. The van der Waals surface area contributed by atoms with Gasteiger partial charge in [0, 0.05) is 0 Å². The molecular weight excluding hydrogens is 274 g/mol. The highest BCUT2D eigenvalue weighted by Crippen LogP contribution is 2.24. The number of hydrogen-bond donors (Lipinski definition) is 2. The van der Waals surface area contributed by atoms with Gasteiger partial charge < -0.3 is 5.73 Å². The molecule has 0 radical (unpaired) electrons. The Balaban J connectivity index is 2.47. The number of benzene rings is 2. The first-order chi connectivity index (χ1) is 8.92. The molecule has 100 valence electrons. The lowest BCUT2D eigenvalue weighted by atomic mass is 10.3. The summed E-state index contributed by atoms with van der Waals surface area (Å²) < 4.78 is 52.9. The first-order valence-electron chi connectivity index (χ1n) is 5.23. The van der Waals surface area contributed by atoms with Crippen molar-refractivity contribution in [2.75, 3.05) is 10.5 Å². The summed E-state index contributed by atoms with van der Waals surface area (Å²) in [4.78, 5) is -1.03. The van der Waals surface area contributed by atoms with Crippen molar-refractivity contribution < 1.29 is 17.2 Å². The van der Waals surface area contributed by atoms with E-state index in [1.54, 1.807) is 12.1 Å². The van der Waals surface area contributed by atoms with Gasteiger partial charge in [-0.3, -0.25) is 4.72 Å². The van der Waals surface area contributed by atoms with E-state index in [2.05, 4.69) is 4.72 Å². The Bertz CT molecular complexity index is 697. The van der Waals surface area contributed by atoms with Crippen molar-refractivity contribution >= 4 is 21.4 Å². The third-order valence-corrected chi connectivity index (χ3v) is 3.81. The number of sulfonamides is 1. The zero-order chi connectivity index (χ0) is 14.0. The Morgan fingerprint density at radius 1 is 0.947 bits per heavy atom. The molecule has 0 saturated carbocycles. The quantitative estimate of drug-likeness (QED) is 0.850. The molecular formula is C12H10F2N2O2S. The Morgan fingerprint density at radius 2 is 1.53 bits per heavy atom. The molecule has 0 bridgehead atoms. The molecule has 0 aromatic heterocycles. The highest BCUT2D eigenvalue weighted by atomic mass is 32.2. The van der Waals surface area contributed by atoms with Gasteiger partial charge in [-0.15, -0.1) is 0 Å². The van der Waals surface area contributed by atoms with Crippen LogP contribution in [-0.4, -0.2) is 8.42 Å². The van der Waals surface area contributed by atoms with E-state index >= 15 is 0 Å². The average molecular weight is 284 g/mol. The maximum absolute atomic E-state index is 13.5. The van der Waals surface area contributed by atoms with Gasteiger partial charge in [-0.1, -0.05) is 18.2 Å². The number of nitrogen functional groups attached to an aromatic ring is 1. The van der Waals surface area contributed by atoms with Crippen molar-refractivity contribution in [3.8, 4) is 0 Å². The molecule has 4 nitrogen and oxygen atoms in total. The number of para-hydroxylation sites is 2. The van der Waals surface area contributed by atoms with Crippen LogP contribution in [0.4, 0.5) is 20.2 Å². The van der Waals surface area contributed by atoms with Crippen molar-refractivity contribution in [2.45, 2.75) is 4.90 Å². The molecule has 0 amide bonds. The second-order valence-electron chi connectivity index (χ2n) is 3.74. The molecule has 0 heterocycles. The van der Waals surface area contributed by atoms with Crippen molar-refractivity contribution in [3.05, 3.63) is 54.1 Å². The lowest BCUT2D eigenvalue weighted by Gasteiger charge is -2.11. The van der Waals surface area contributed by atoms with Gasteiger partial charge in [-0.2, -0.15) is 0 Å². The predicted octanol–water partition coefficient (Wildman–Crippen LogP) is 2.35. The van der Waals surface area contributed by atoms with E-state index in [1.807, 2.05) is 0 Å². The second kappa shape index (κ2) is 4.85. The van der Waals surface area contributed by atoms with E-state index in [0.717, 1.165) is 18.2 Å². The summed E-state index contributed by atoms with van der Waals surface area (Å²) in [5.74, 6) is -2.33. The van der Waals surface area contributed by atoms with E-state index in [9.17, 15) is 17.2 Å². The summed E-state index contributed by atoms with van der Waals surface area (Å²) in [7, 11) is -4.38. The van der Waals surface area contributed by atoms with Crippen molar-refractivity contribution in [2.24, 2.45) is 0 Å². The Labute approximate surface area is 108 Å². The van der Waals surface area contributed by atoms with Crippen LogP contribution < -0.4 is 10.5 Å². The van der Waals surface area contributed by atoms with Gasteiger partial charge in [-0.05, 0) is 24.3 Å². The highest BCUT2D eigenvalue weighted by molar-refractivity contribution is 7.92. The number of nitrogens with one attached hydrogen (secondary N) is 1. The first kappa shape index (κ1) is 13.3. The van der Waals surface area contributed by atoms with Gasteiger partial charge in [0.15, 0.2) is 4.90 Å². The topological polar surface area (TPSA) is 72.2 Å². The van der Waals surface area contributed by atoms with Gasteiger partial charge in [0.1, 0.15) is 11.6 Å². The number of halogens is 2. The minimum atomic E-state index is -4.38. The number of rotatable bonds is 3. The normalized spacial score (nSPS) is 11.3. The molecule has 3 N–H and O–H groups in total. The largest absolute Gasteiger partial charge is 0.397 e. The van der Waals surface area contributed by atoms with Crippen LogP contribution in [0.2, 0.25) is 0 Å². The molecule has 0 fully saturated rings. The summed E-state index contributed by atoms with van der Waals surface area (Å²) in [6, 6.07) is 8.84. The number of hydrogen-bond acceptors (Lipinski definition) is 3. The highest BCUT2D eigenvalue weighted by Gasteiger charge is 2.24. The average Bonchev–Trinajstić information content (AvgIpc) is 2.31. The van der Waals surface area contributed by atoms with Crippen molar-refractivity contribution in [3.63, 3.8) is 0 Å². The van der Waals surface area contributed by atoms with Crippen LogP contribution in [0.25, 0.3) is 0 Å². The molecule has 0 atom stereocenters. The van der Waals surface area contributed by atoms with Crippen molar-refractivity contribution in [1.82, 2.24) is 0 Å². The molecule has 0 spiro atoms. The van der Waals surface area contributed by atoms with Gasteiger partial charge in [0.25, 0.3) is 10.0 Å². The Morgan fingerprint density at radius 3 is 2.11 bits per heavy atom. The summed E-state index contributed by atoms with van der Waals surface area (Å²) in [5.41, 5.74) is 5.78. The molecule has 2 aromatic rings. The standard InChI is InChI=1S/C12H10F2N2O2S/c13-8-4-3-5-9(14)12(8)19(17,18)16-11-7-2-1-6-10(11)15/h1-7,16H,15H2. The van der Waals surface area contributed by atoms with Crippen LogP contribution in [0.5, 0.6) is 0 Å². The SMILES string of the molecule is Nc1ccccc1NS(=O)(=O)c1c(F)cccc1F. The molecule has 2 aromatic carbocycles. The van der Waals surface area contributed by atoms with E-state index in [1.165, 1.54) is 12.1 Å². The zero-order valence-corrected chi connectivity index (χ0v) is 10.4. The summed E-state index contributed by atoms with van der Waals surface area (Å²) in [5, 5.41) is 0. The summed E-state index contributed by atoms with van der Waals surface area (Å²) in [6.07, 6.45) is 0. The maximum Gasteiger partial charge on any atom is 0.267 e. The molecule has 7 heteroatoms. The fourth-order valence-electron chi connectivity index (χ4n) is 1.52. The smallest absolute Gasteiger partial charge is 0.267 e. The number of nitrogens with two attached hydrogens (primary N) is 1. The minimum absolute atomic E-state index is 0.0603. The van der Waals surface area contributed by atoms with Gasteiger partial charge in [0.05, 0.1) is 11.4 Å². The fourth-order valence-corrected chi connectivity index (χ4v) is 2.75. The van der Waals surface area contributed by atoms with Crippen LogP contribution in [0.15, 0.2) is 47.4 Å². The molecule has 0 aliphatic heterocycles. The van der Waals surface area contributed by atoms with Crippen LogP contribution in [0.3, 0.4) is 0 Å². The predicted molar refractivity (Wildman–Crippen MR) is 68.0 cm³/mol. The first-order valence-corrected chi connectivity index (χ1v) is 6.71. The fraction of sp³-hybridized carbons (Fsp3) is 0. The molecule has 0 aliphatic rings. The minimum Gasteiger partial charge on any atom is -0.397 e. The summed E-state index contributed by atoms with van der Waals surface area (Å²) >= 11 is 0. The van der Waals surface area contributed by atoms with Gasteiger partial charge >= 0.3 is 0 Å². The van der Waals surface area contributed by atoms with Gasteiger partial charge in [0.2, 0.25) is 0 Å². The van der Waals surface area contributed by atoms with Crippen LogP contribution in [-0.2, 0) is 10.0 Å². The second-order valence-corrected chi connectivity index (χ2v) is 5.36. The maximum atomic E-state index is 13.5. The third-order valence-electron chi connectivity index (χ3n) is 2.39. The molecule has 2 rings (SSSR count). The molecule has 0 unspecified atom stereocenters. The van der Waals surface area contributed by atoms with Crippen LogP contribution in [0, 0.1) is 11.6 Å². The summed E-state index contributed by atoms with van der Waals surface area (Å²) in [6.45, 7) is 0. The zero-order valence-electron chi connectivity index (χ0n) is 9.60. The van der Waals surface area contributed by atoms with E-state index < -0.39 is 26.6 Å². The van der Waals surface area contributed by atoms with E-state index in [0.29, 0.717) is 0 Å². The number of anilines is 2. The van der Waals surface area contributed by atoms with E-state index in [-0.39, 0.29) is 11.4 Å². The molecule has 0 aliphatic carbocycles. The third kappa shape index (κ3) is 2.65. The molecule has 0 saturated heterocycles. The lowest BCUT2D eigenvalue weighted by molar-refractivity contribution is 0.521. The van der Waals surface area contributed by atoms with Gasteiger partial charge in [-0.25, -0.2) is 17.2 Å².